The summed E-state index contributed by atoms with van der Waals surface area (Å²) in [5.41, 5.74) is 0. The van der Waals surface area contributed by atoms with Crippen LogP contribution in [-0.2, 0) is 0 Å². The molecule has 0 unspecified atom stereocenters. The molecule has 0 aliphatic heterocycles. The molecule has 2 heteroatoms. The van der Waals surface area contributed by atoms with Crippen LogP contribution in [0.15, 0.2) is 89.4 Å². The van der Waals surface area contributed by atoms with Crippen LogP contribution in [0.25, 0.3) is 0 Å². The summed E-state index contributed by atoms with van der Waals surface area (Å²) in [4.78, 5) is 0. The third-order valence-corrected chi connectivity index (χ3v) is 9.12. The molecule has 0 saturated heterocycles. The average molecular weight is 353 g/mol. The van der Waals surface area contributed by atoms with E-state index in [1.807, 2.05) is 0 Å². The molecule has 0 aliphatic carbocycles. The molecule has 0 N–H and O–H groups in total. The molecule has 0 spiro atoms. The summed E-state index contributed by atoms with van der Waals surface area (Å²) in [5, 5.41) is 4.32. The predicted octanol–water partition coefficient (Wildman–Crippen LogP) is 3.55. The molecule has 0 atom stereocenters. The highest BCUT2D eigenvalue weighted by molar-refractivity contribution is 9.10. The molecule has 0 fully saturated rings. The van der Waals surface area contributed by atoms with E-state index < -0.39 is 8.07 Å². The summed E-state index contributed by atoms with van der Waals surface area (Å²) < 4.78 is 1.13. The Morgan fingerprint density at radius 1 is 0.571 bits per heavy atom. The monoisotopic (exact) mass is 352 g/mol. The molecule has 0 radical (unpaired) electrons. The van der Waals surface area contributed by atoms with Crippen molar-refractivity contribution in [3.63, 3.8) is 0 Å². The van der Waals surface area contributed by atoms with Gasteiger partial charge in [0, 0.05) is 4.47 Å². The fourth-order valence-electron chi connectivity index (χ4n) is 2.83. The van der Waals surface area contributed by atoms with Crippen molar-refractivity contribution in [2.45, 2.75) is 6.55 Å². The van der Waals surface area contributed by atoms with Gasteiger partial charge in [-0.1, -0.05) is 95.3 Å². The van der Waals surface area contributed by atoms with Gasteiger partial charge >= 0.3 is 0 Å². The molecule has 0 aliphatic rings. The molecule has 0 heterocycles. The van der Waals surface area contributed by atoms with Gasteiger partial charge in [-0.2, -0.15) is 0 Å². The molecule has 21 heavy (non-hydrogen) atoms. The van der Waals surface area contributed by atoms with E-state index in [1.54, 1.807) is 0 Å². The minimum atomic E-state index is -1.92. The highest BCUT2D eigenvalue weighted by atomic mass is 79.9. The fraction of sp³-hybridized carbons (Fsp3) is 0.0526. The molecule has 3 aromatic carbocycles. The van der Waals surface area contributed by atoms with Crippen LogP contribution in [0.1, 0.15) is 0 Å². The van der Waals surface area contributed by atoms with Gasteiger partial charge in [0.25, 0.3) is 0 Å². The quantitative estimate of drug-likeness (QED) is 0.499. The zero-order valence-electron chi connectivity index (χ0n) is 12.0. The van der Waals surface area contributed by atoms with Crippen LogP contribution in [0.3, 0.4) is 0 Å². The standard InChI is InChI=1S/C19H17BrSi/c1-21(17-8-4-2-5-9-17,18-10-6-3-7-11-18)19-14-12-16(20)13-15-19/h2-15H,1H3. The molecule has 3 aromatic rings. The van der Waals surface area contributed by atoms with Gasteiger partial charge in [-0.15, -0.1) is 0 Å². The van der Waals surface area contributed by atoms with E-state index in [2.05, 4.69) is 107 Å². The van der Waals surface area contributed by atoms with Gasteiger partial charge in [0.1, 0.15) is 8.07 Å². The lowest BCUT2D eigenvalue weighted by atomic mass is 10.3. The van der Waals surface area contributed by atoms with E-state index in [1.165, 1.54) is 15.6 Å². The topological polar surface area (TPSA) is 0 Å². The molecule has 0 bridgehead atoms. The van der Waals surface area contributed by atoms with Gasteiger partial charge < -0.3 is 0 Å². The van der Waals surface area contributed by atoms with E-state index in [-0.39, 0.29) is 0 Å². The summed E-state index contributed by atoms with van der Waals surface area (Å²) in [7, 11) is -1.92. The Bertz CT molecular complexity index is 666. The number of benzene rings is 3. The first kappa shape index (κ1) is 14.3. The molecule has 0 saturated carbocycles. The molecule has 104 valence electrons. The fourth-order valence-corrected chi connectivity index (χ4v) is 6.64. The maximum Gasteiger partial charge on any atom is 0.145 e. The lowest BCUT2D eigenvalue weighted by molar-refractivity contribution is 1.64. The van der Waals surface area contributed by atoms with Crippen molar-refractivity contribution >= 4 is 39.6 Å². The third-order valence-electron chi connectivity index (χ3n) is 4.12. The van der Waals surface area contributed by atoms with Crippen LogP contribution in [-0.4, -0.2) is 8.07 Å². The van der Waals surface area contributed by atoms with Gasteiger partial charge in [-0.25, -0.2) is 0 Å². The highest BCUT2D eigenvalue weighted by Gasteiger charge is 2.33. The predicted molar refractivity (Wildman–Crippen MR) is 97.5 cm³/mol. The van der Waals surface area contributed by atoms with Crippen LogP contribution in [0, 0.1) is 0 Å². The van der Waals surface area contributed by atoms with Crippen molar-refractivity contribution in [3.8, 4) is 0 Å². The van der Waals surface area contributed by atoms with Gasteiger partial charge in [0.05, 0.1) is 0 Å². The van der Waals surface area contributed by atoms with E-state index in [9.17, 15) is 0 Å². The zero-order valence-corrected chi connectivity index (χ0v) is 14.5. The van der Waals surface area contributed by atoms with E-state index in [0.717, 1.165) is 4.47 Å². The first-order chi connectivity index (χ1) is 10.2. The summed E-state index contributed by atoms with van der Waals surface area (Å²) in [5.74, 6) is 0. The minimum Gasteiger partial charge on any atom is -0.0624 e. The summed E-state index contributed by atoms with van der Waals surface area (Å²) in [6.07, 6.45) is 0. The molecule has 0 amide bonds. The largest absolute Gasteiger partial charge is 0.145 e. The first-order valence-corrected chi connectivity index (χ1v) is 10.4. The maximum atomic E-state index is 3.54. The zero-order chi connectivity index (χ0) is 14.7. The van der Waals surface area contributed by atoms with Crippen LogP contribution in [0.5, 0.6) is 0 Å². The number of hydrogen-bond acceptors (Lipinski definition) is 0. The van der Waals surface area contributed by atoms with Gasteiger partial charge in [0.15, 0.2) is 0 Å². The minimum absolute atomic E-state index is 1.13. The number of rotatable bonds is 3. The Hall–Kier alpha value is -1.64. The number of halogens is 1. The Labute approximate surface area is 135 Å². The van der Waals surface area contributed by atoms with Gasteiger partial charge in [-0.3, -0.25) is 0 Å². The van der Waals surface area contributed by atoms with E-state index >= 15 is 0 Å². The van der Waals surface area contributed by atoms with Crippen LogP contribution >= 0.6 is 15.9 Å². The second-order valence-corrected chi connectivity index (χ2v) is 10.3. The second kappa shape index (κ2) is 6.00. The first-order valence-electron chi connectivity index (χ1n) is 7.08. The Morgan fingerprint density at radius 3 is 1.38 bits per heavy atom. The van der Waals surface area contributed by atoms with Crippen molar-refractivity contribution < 1.29 is 0 Å². The summed E-state index contributed by atoms with van der Waals surface area (Å²) in [6, 6.07) is 30.6. The van der Waals surface area contributed by atoms with Crippen molar-refractivity contribution in [2.24, 2.45) is 0 Å². The van der Waals surface area contributed by atoms with E-state index in [0.29, 0.717) is 0 Å². The normalized spacial score (nSPS) is 11.3. The van der Waals surface area contributed by atoms with Crippen molar-refractivity contribution in [1.29, 1.82) is 0 Å². The van der Waals surface area contributed by atoms with Crippen molar-refractivity contribution in [3.05, 3.63) is 89.4 Å². The van der Waals surface area contributed by atoms with Crippen LogP contribution < -0.4 is 15.6 Å². The summed E-state index contributed by atoms with van der Waals surface area (Å²) >= 11 is 3.54. The molecular weight excluding hydrogens is 336 g/mol. The van der Waals surface area contributed by atoms with Crippen molar-refractivity contribution in [2.75, 3.05) is 0 Å². The smallest absolute Gasteiger partial charge is 0.0624 e. The van der Waals surface area contributed by atoms with E-state index in [4.69, 9.17) is 0 Å². The third kappa shape index (κ3) is 2.74. The highest BCUT2D eigenvalue weighted by Crippen LogP contribution is 2.11. The summed E-state index contributed by atoms with van der Waals surface area (Å²) in [6.45, 7) is 2.43. The SMILES string of the molecule is C[Si](c1ccccc1)(c1ccccc1)c1ccc(Br)cc1. The van der Waals surface area contributed by atoms with Gasteiger partial charge in [-0.05, 0) is 27.7 Å². The molecule has 0 nitrogen and oxygen atoms in total. The van der Waals surface area contributed by atoms with Crippen LogP contribution in [0.2, 0.25) is 6.55 Å². The van der Waals surface area contributed by atoms with Crippen LogP contribution in [0.4, 0.5) is 0 Å². The van der Waals surface area contributed by atoms with Crippen molar-refractivity contribution in [1.82, 2.24) is 0 Å². The Kier molecular flexibility index (Phi) is 4.09. The lowest BCUT2D eigenvalue weighted by Gasteiger charge is -2.29. The molecule has 3 rings (SSSR count). The van der Waals surface area contributed by atoms with Gasteiger partial charge in [0.2, 0.25) is 0 Å². The Balaban J connectivity index is 2.23. The average Bonchev–Trinajstić information content (AvgIpc) is 2.56. The Morgan fingerprint density at radius 2 is 0.952 bits per heavy atom. The molecular formula is C19H17BrSi. The number of hydrogen-bond donors (Lipinski definition) is 0. The molecule has 0 aromatic heterocycles. The maximum absolute atomic E-state index is 3.54. The second-order valence-electron chi connectivity index (χ2n) is 5.36. The lowest BCUT2D eigenvalue weighted by Crippen LogP contribution is -2.64.